The third-order valence-corrected chi connectivity index (χ3v) is 3.29. The van der Waals surface area contributed by atoms with Gasteiger partial charge in [0.2, 0.25) is 0 Å². The van der Waals surface area contributed by atoms with Crippen molar-refractivity contribution in [2.45, 2.75) is 0 Å². The number of ether oxygens (including phenoxy) is 3. The van der Waals surface area contributed by atoms with Gasteiger partial charge in [-0.3, -0.25) is 4.79 Å². The molecule has 122 valence electrons. The Bertz CT molecular complexity index is 790. The number of hydrogen-bond donors (Lipinski definition) is 0. The smallest absolute Gasteiger partial charge is 0.185 e. The predicted molar refractivity (Wildman–Crippen MR) is 90.5 cm³/mol. The van der Waals surface area contributed by atoms with E-state index in [4.69, 9.17) is 19.5 Å². The quantitative estimate of drug-likeness (QED) is 0.576. The number of methoxy groups -OCH3 is 2. The van der Waals surface area contributed by atoms with Gasteiger partial charge in [-0.15, -0.1) is 0 Å². The summed E-state index contributed by atoms with van der Waals surface area (Å²) in [6, 6.07) is 14.1. The molecule has 0 saturated heterocycles. The van der Waals surface area contributed by atoms with Crippen LogP contribution in [0, 0.1) is 11.3 Å². The zero-order valence-corrected chi connectivity index (χ0v) is 13.5. The van der Waals surface area contributed by atoms with Gasteiger partial charge in [-0.2, -0.15) is 5.26 Å². The van der Waals surface area contributed by atoms with Crippen LogP contribution in [-0.2, 0) is 0 Å². The van der Waals surface area contributed by atoms with Crippen molar-refractivity contribution in [2.24, 2.45) is 0 Å². The highest BCUT2D eigenvalue weighted by Gasteiger charge is 2.09. The maximum absolute atomic E-state index is 12.3. The fraction of sp³-hybridized carbons (Fsp3) is 0.158. The van der Waals surface area contributed by atoms with E-state index in [1.165, 1.54) is 20.3 Å². The number of allylic oxidation sites excluding steroid dienone is 1. The van der Waals surface area contributed by atoms with Crippen LogP contribution in [0.4, 0.5) is 0 Å². The van der Waals surface area contributed by atoms with Crippen LogP contribution in [0.1, 0.15) is 15.9 Å². The van der Waals surface area contributed by atoms with Crippen molar-refractivity contribution in [3.05, 3.63) is 59.7 Å². The Morgan fingerprint density at radius 2 is 1.83 bits per heavy atom. The number of carbonyl (C=O) groups is 1. The molecule has 0 bridgehead atoms. The van der Waals surface area contributed by atoms with E-state index in [0.29, 0.717) is 22.8 Å². The molecule has 0 aliphatic heterocycles. The maximum Gasteiger partial charge on any atom is 0.185 e. The van der Waals surface area contributed by atoms with Crippen molar-refractivity contribution < 1.29 is 19.0 Å². The summed E-state index contributed by atoms with van der Waals surface area (Å²) in [4.78, 5) is 12.3. The van der Waals surface area contributed by atoms with E-state index in [9.17, 15) is 4.79 Å². The summed E-state index contributed by atoms with van der Waals surface area (Å²) in [5.41, 5.74) is 1.21. The van der Waals surface area contributed by atoms with Gasteiger partial charge < -0.3 is 14.2 Å². The number of nitrogens with zero attached hydrogens (tertiary/aromatic N) is 1. The first-order valence-electron chi connectivity index (χ1n) is 7.22. The largest absolute Gasteiger partial charge is 0.493 e. The predicted octanol–water partition coefficient (Wildman–Crippen LogP) is 3.50. The molecule has 0 aliphatic carbocycles. The highest BCUT2D eigenvalue weighted by Crippen LogP contribution is 2.28. The van der Waals surface area contributed by atoms with Crippen molar-refractivity contribution in [1.82, 2.24) is 0 Å². The Hall–Kier alpha value is -3.26. The van der Waals surface area contributed by atoms with Crippen LogP contribution in [0.25, 0.3) is 6.08 Å². The second-order valence-electron chi connectivity index (χ2n) is 4.75. The lowest BCUT2D eigenvalue weighted by Gasteiger charge is -2.08. The molecule has 0 unspecified atom stereocenters. The SMILES string of the molecule is COc1ccc(C(=O)/C=C/c2ccccc2OCC#N)cc1OC. The minimum Gasteiger partial charge on any atom is -0.493 e. The first-order valence-corrected chi connectivity index (χ1v) is 7.22. The molecule has 24 heavy (non-hydrogen) atoms. The standard InChI is InChI=1S/C19H17NO4/c1-22-18-10-8-15(13-19(18)23-2)16(21)9-7-14-5-3-4-6-17(14)24-12-11-20/h3-10,13H,12H2,1-2H3/b9-7+. The Labute approximate surface area is 140 Å². The average Bonchev–Trinajstić information content (AvgIpc) is 2.64. The van der Waals surface area contributed by atoms with E-state index >= 15 is 0 Å². The van der Waals surface area contributed by atoms with Crippen molar-refractivity contribution in [3.8, 4) is 23.3 Å². The first-order chi connectivity index (χ1) is 11.7. The first kappa shape index (κ1) is 17.1. The summed E-state index contributed by atoms with van der Waals surface area (Å²) in [5.74, 6) is 1.43. The van der Waals surface area contributed by atoms with Crippen LogP contribution in [0.15, 0.2) is 48.5 Å². The van der Waals surface area contributed by atoms with E-state index in [0.717, 1.165) is 5.56 Å². The van der Waals surface area contributed by atoms with Gasteiger partial charge in [0.1, 0.15) is 11.8 Å². The van der Waals surface area contributed by atoms with Crippen molar-refractivity contribution >= 4 is 11.9 Å². The zero-order chi connectivity index (χ0) is 17.4. The number of carbonyl (C=O) groups excluding carboxylic acids is 1. The molecule has 0 fully saturated rings. The van der Waals surface area contributed by atoms with Crippen LogP contribution >= 0.6 is 0 Å². The van der Waals surface area contributed by atoms with Crippen LogP contribution in [0.2, 0.25) is 0 Å². The Morgan fingerprint density at radius 1 is 1.08 bits per heavy atom. The topological polar surface area (TPSA) is 68.5 Å². The van der Waals surface area contributed by atoms with Crippen LogP contribution in [0.3, 0.4) is 0 Å². The molecular weight excluding hydrogens is 306 g/mol. The third kappa shape index (κ3) is 4.14. The minimum absolute atomic E-state index is 0.0471. The Morgan fingerprint density at radius 3 is 2.54 bits per heavy atom. The molecule has 0 N–H and O–H groups in total. The van der Waals surface area contributed by atoms with E-state index < -0.39 is 0 Å². The summed E-state index contributed by atoms with van der Waals surface area (Å²) in [7, 11) is 3.06. The lowest BCUT2D eigenvalue weighted by molar-refractivity contribution is 0.104. The molecule has 0 amide bonds. The summed E-state index contributed by atoms with van der Waals surface area (Å²) >= 11 is 0. The molecule has 0 spiro atoms. The number of rotatable bonds is 7. The Balaban J connectivity index is 2.21. The molecule has 5 nitrogen and oxygen atoms in total. The monoisotopic (exact) mass is 323 g/mol. The maximum atomic E-state index is 12.3. The fourth-order valence-electron chi connectivity index (χ4n) is 2.11. The molecule has 0 aliphatic rings. The summed E-state index contributed by atoms with van der Waals surface area (Å²) < 4.78 is 15.7. The Kier molecular flexibility index (Phi) is 5.98. The number of ketones is 1. The number of nitriles is 1. The van der Waals surface area contributed by atoms with E-state index in [2.05, 4.69) is 0 Å². The van der Waals surface area contributed by atoms with Crippen molar-refractivity contribution in [3.63, 3.8) is 0 Å². The summed E-state index contributed by atoms with van der Waals surface area (Å²) in [6.07, 6.45) is 3.11. The van der Waals surface area contributed by atoms with Gasteiger partial charge in [-0.25, -0.2) is 0 Å². The van der Waals surface area contributed by atoms with Crippen molar-refractivity contribution in [1.29, 1.82) is 5.26 Å². The molecule has 2 aromatic rings. The molecule has 0 atom stereocenters. The fourth-order valence-corrected chi connectivity index (χ4v) is 2.11. The highest BCUT2D eigenvalue weighted by atomic mass is 16.5. The van der Waals surface area contributed by atoms with Gasteiger partial charge in [0.05, 0.1) is 14.2 Å². The molecule has 2 aromatic carbocycles. The van der Waals surface area contributed by atoms with Crippen molar-refractivity contribution in [2.75, 3.05) is 20.8 Å². The number of benzene rings is 2. The molecule has 5 heteroatoms. The molecule has 0 radical (unpaired) electrons. The van der Waals surface area contributed by atoms with Crippen LogP contribution < -0.4 is 14.2 Å². The van der Waals surface area contributed by atoms with E-state index in [-0.39, 0.29) is 12.4 Å². The van der Waals surface area contributed by atoms with E-state index in [1.54, 1.807) is 36.4 Å². The molecule has 0 saturated carbocycles. The molecule has 0 aromatic heterocycles. The van der Waals surface area contributed by atoms with Gasteiger partial charge in [-0.05, 0) is 36.4 Å². The molecule has 0 heterocycles. The summed E-state index contributed by atoms with van der Waals surface area (Å²) in [6.45, 7) is -0.0471. The average molecular weight is 323 g/mol. The van der Waals surface area contributed by atoms with Crippen LogP contribution in [-0.4, -0.2) is 26.6 Å². The highest BCUT2D eigenvalue weighted by molar-refractivity contribution is 6.07. The van der Waals surface area contributed by atoms with Gasteiger partial charge in [0.15, 0.2) is 23.9 Å². The van der Waals surface area contributed by atoms with Gasteiger partial charge in [0.25, 0.3) is 0 Å². The molecular formula is C19H17NO4. The van der Waals surface area contributed by atoms with E-state index in [1.807, 2.05) is 18.2 Å². The number of hydrogen-bond acceptors (Lipinski definition) is 5. The lowest BCUT2D eigenvalue weighted by Crippen LogP contribution is -1.98. The normalized spacial score (nSPS) is 10.2. The third-order valence-electron chi connectivity index (χ3n) is 3.29. The van der Waals surface area contributed by atoms with Gasteiger partial charge >= 0.3 is 0 Å². The van der Waals surface area contributed by atoms with Gasteiger partial charge in [-0.1, -0.05) is 18.2 Å². The minimum atomic E-state index is -0.175. The van der Waals surface area contributed by atoms with Gasteiger partial charge in [0, 0.05) is 11.1 Å². The lowest BCUT2D eigenvalue weighted by atomic mass is 10.1. The zero-order valence-electron chi connectivity index (χ0n) is 13.5. The molecule has 2 rings (SSSR count). The van der Waals surface area contributed by atoms with Crippen LogP contribution in [0.5, 0.6) is 17.2 Å². The number of para-hydroxylation sites is 1. The second kappa shape index (κ2) is 8.39. The summed E-state index contributed by atoms with van der Waals surface area (Å²) in [5, 5.41) is 8.61. The second-order valence-corrected chi connectivity index (χ2v) is 4.75.